The number of carboxylic acids is 1. The van der Waals surface area contributed by atoms with E-state index < -0.39 is 23.9 Å². The number of carbonyl (C=O) groups is 3. The van der Waals surface area contributed by atoms with E-state index in [1.165, 1.54) is 26.3 Å². The molecule has 0 bridgehead atoms. The van der Waals surface area contributed by atoms with E-state index in [1.54, 1.807) is 13.8 Å². The molecule has 0 radical (unpaired) electrons. The minimum Gasteiger partial charge on any atom is -0.493 e. The van der Waals surface area contributed by atoms with Gasteiger partial charge in [0, 0.05) is 19.2 Å². The highest BCUT2D eigenvalue weighted by Crippen LogP contribution is 2.29. The summed E-state index contributed by atoms with van der Waals surface area (Å²) in [5.74, 6) is -2.92. The van der Waals surface area contributed by atoms with Crippen molar-refractivity contribution in [2.75, 3.05) is 7.11 Å². The molecule has 0 spiro atoms. The molecule has 1 heterocycles. The molecule has 1 rings (SSSR count). The molecule has 1 atom stereocenters. The lowest BCUT2D eigenvalue weighted by Gasteiger charge is -2.18. The molecule has 0 aliphatic carbocycles. The van der Waals surface area contributed by atoms with Gasteiger partial charge >= 0.3 is 11.9 Å². The van der Waals surface area contributed by atoms with Gasteiger partial charge in [-0.2, -0.15) is 0 Å². The number of aromatic nitrogens is 1. The van der Waals surface area contributed by atoms with Crippen LogP contribution in [0.3, 0.4) is 0 Å². The van der Waals surface area contributed by atoms with Crippen LogP contribution in [0.15, 0.2) is 12.3 Å². The number of ether oxygens (including phenoxy) is 2. The Bertz CT molecular complexity index is 585. The average Bonchev–Trinajstić information content (AvgIpc) is 2.43. The van der Waals surface area contributed by atoms with Crippen molar-refractivity contribution in [3.63, 3.8) is 0 Å². The number of carboxylic acid groups (broad SMARTS) is 1. The SMILES string of the molecule is COc1ccnc(C(=O)N[C@H](C(=O)O)C(C)C)c1OC(C)=O. The first-order valence-corrected chi connectivity index (χ1v) is 6.53. The van der Waals surface area contributed by atoms with Crippen molar-refractivity contribution in [2.45, 2.75) is 26.8 Å². The smallest absolute Gasteiger partial charge is 0.326 e. The summed E-state index contributed by atoms with van der Waals surface area (Å²) in [5.41, 5.74) is -0.221. The molecule has 0 aromatic carbocycles. The molecule has 2 N–H and O–H groups in total. The van der Waals surface area contributed by atoms with Crippen LogP contribution in [0.25, 0.3) is 0 Å². The van der Waals surface area contributed by atoms with Gasteiger partial charge in [0.2, 0.25) is 5.75 Å². The zero-order valence-corrected chi connectivity index (χ0v) is 12.7. The van der Waals surface area contributed by atoms with Crippen molar-refractivity contribution in [3.8, 4) is 11.5 Å². The van der Waals surface area contributed by atoms with Crippen LogP contribution in [-0.4, -0.2) is 41.1 Å². The number of carbonyl (C=O) groups excluding carboxylic acids is 2. The Balaban J connectivity index is 3.16. The molecule has 1 aromatic heterocycles. The fourth-order valence-electron chi connectivity index (χ4n) is 1.72. The fraction of sp³-hybridized carbons (Fsp3) is 0.429. The van der Waals surface area contributed by atoms with E-state index >= 15 is 0 Å². The first-order valence-electron chi connectivity index (χ1n) is 6.53. The lowest BCUT2D eigenvalue weighted by molar-refractivity contribution is -0.140. The maximum atomic E-state index is 12.3. The van der Waals surface area contributed by atoms with Crippen molar-refractivity contribution >= 4 is 17.8 Å². The number of esters is 1. The third-order valence-electron chi connectivity index (χ3n) is 2.77. The van der Waals surface area contributed by atoms with Crippen molar-refractivity contribution in [1.82, 2.24) is 10.3 Å². The van der Waals surface area contributed by atoms with Crippen LogP contribution in [-0.2, 0) is 9.59 Å². The molecule has 8 heteroatoms. The second kappa shape index (κ2) is 7.39. The maximum absolute atomic E-state index is 12.3. The molecule has 0 aliphatic rings. The lowest BCUT2D eigenvalue weighted by atomic mass is 10.0. The van der Waals surface area contributed by atoms with Gasteiger partial charge in [0.1, 0.15) is 6.04 Å². The van der Waals surface area contributed by atoms with Crippen molar-refractivity contribution in [2.24, 2.45) is 5.92 Å². The van der Waals surface area contributed by atoms with Crippen LogP contribution in [0, 0.1) is 5.92 Å². The van der Waals surface area contributed by atoms with E-state index in [1.807, 2.05) is 0 Å². The number of hydrogen-bond acceptors (Lipinski definition) is 6. The quantitative estimate of drug-likeness (QED) is 0.748. The third kappa shape index (κ3) is 4.18. The Morgan fingerprint density at radius 1 is 1.32 bits per heavy atom. The fourth-order valence-corrected chi connectivity index (χ4v) is 1.72. The van der Waals surface area contributed by atoms with Crippen LogP contribution >= 0.6 is 0 Å². The van der Waals surface area contributed by atoms with E-state index in [4.69, 9.17) is 14.6 Å². The molecule has 0 saturated heterocycles. The summed E-state index contributed by atoms with van der Waals surface area (Å²) in [6.07, 6.45) is 1.30. The Morgan fingerprint density at radius 3 is 2.41 bits per heavy atom. The first-order chi connectivity index (χ1) is 10.3. The van der Waals surface area contributed by atoms with Gasteiger partial charge < -0.3 is 19.9 Å². The minimum absolute atomic E-state index is 0.145. The number of hydrogen-bond donors (Lipinski definition) is 2. The van der Waals surface area contributed by atoms with Gasteiger partial charge in [-0.3, -0.25) is 9.59 Å². The number of nitrogens with zero attached hydrogens (tertiary/aromatic N) is 1. The normalized spacial score (nSPS) is 11.7. The number of methoxy groups -OCH3 is 1. The van der Waals surface area contributed by atoms with Gasteiger partial charge in [-0.05, 0) is 5.92 Å². The summed E-state index contributed by atoms with van der Waals surface area (Å²) in [5, 5.41) is 11.5. The second-order valence-electron chi connectivity index (χ2n) is 4.82. The summed E-state index contributed by atoms with van der Waals surface area (Å²) in [6, 6.07) is 0.331. The number of nitrogens with one attached hydrogen (secondary N) is 1. The molecule has 0 unspecified atom stereocenters. The van der Waals surface area contributed by atoms with E-state index in [0.29, 0.717) is 0 Å². The van der Waals surface area contributed by atoms with Gasteiger partial charge in [-0.15, -0.1) is 0 Å². The van der Waals surface area contributed by atoms with Gasteiger partial charge in [0.25, 0.3) is 5.91 Å². The maximum Gasteiger partial charge on any atom is 0.326 e. The van der Waals surface area contributed by atoms with Crippen LogP contribution in [0.2, 0.25) is 0 Å². The number of aliphatic carboxylic acids is 1. The van der Waals surface area contributed by atoms with Crippen LogP contribution in [0.4, 0.5) is 0 Å². The third-order valence-corrected chi connectivity index (χ3v) is 2.77. The van der Waals surface area contributed by atoms with Gasteiger partial charge in [0.05, 0.1) is 7.11 Å². The van der Waals surface area contributed by atoms with E-state index in [2.05, 4.69) is 10.3 Å². The Labute approximate surface area is 127 Å². The molecular formula is C14H18N2O6. The molecule has 8 nitrogen and oxygen atoms in total. The summed E-state index contributed by atoms with van der Waals surface area (Å²) >= 11 is 0. The number of rotatable bonds is 6. The van der Waals surface area contributed by atoms with E-state index in [0.717, 1.165) is 0 Å². The minimum atomic E-state index is -1.17. The van der Waals surface area contributed by atoms with E-state index in [-0.39, 0.29) is 23.1 Å². The summed E-state index contributed by atoms with van der Waals surface area (Å²) in [6.45, 7) is 4.48. The van der Waals surface area contributed by atoms with Crippen molar-refractivity contribution in [1.29, 1.82) is 0 Å². The van der Waals surface area contributed by atoms with Gasteiger partial charge in [-0.1, -0.05) is 13.8 Å². The highest BCUT2D eigenvalue weighted by Gasteiger charge is 2.27. The monoisotopic (exact) mass is 310 g/mol. The molecular weight excluding hydrogens is 292 g/mol. The standard InChI is InChI=1S/C14H18N2O6/c1-7(2)10(14(19)20)16-13(18)11-12(22-8(3)17)9(21-4)5-6-15-11/h5-7,10H,1-4H3,(H,16,18)(H,19,20)/t10-/m0/s1. The van der Waals surface area contributed by atoms with Crippen LogP contribution in [0.1, 0.15) is 31.3 Å². The van der Waals surface area contributed by atoms with Crippen molar-refractivity contribution < 1.29 is 29.0 Å². The summed E-state index contributed by atoms with van der Waals surface area (Å²) in [7, 11) is 1.35. The molecule has 1 aromatic rings. The van der Waals surface area contributed by atoms with Crippen LogP contribution < -0.4 is 14.8 Å². The summed E-state index contributed by atoms with van der Waals surface area (Å²) < 4.78 is 9.98. The topological polar surface area (TPSA) is 115 Å². The van der Waals surface area contributed by atoms with Gasteiger partial charge in [0.15, 0.2) is 11.4 Å². The number of amides is 1. The van der Waals surface area contributed by atoms with Crippen LogP contribution in [0.5, 0.6) is 11.5 Å². The number of pyridine rings is 1. The predicted molar refractivity (Wildman–Crippen MR) is 75.8 cm³/mol. The van der Waals surface area contributed by atoms with Crippen molar-refractivity contribution in [3.05, 3.63) is 18.0 Å². The largest absolute Gasteiger partial charge is 0.493 e. The molecule has 120 valence electrons. The van der Waals surface area contributed by atoms with E-state index in [9.17, 15) is 14.4 Å². The lowest BCUT2D eigenvalue weighted by Crippen LogP contribution is -2.44. The molecule has 0 saturated carbocycles. The Hall–Kier alpha value is -2.64. The highest BCUT2D eigenvalue weighted by atomic mass is 16.6. The zero-order chi connectivity index (χ0) is 16.9. The predicted octanol–water partition coefficient (Wildman–Crippen LogP) is 0.854. The molecule has 0 aliphatic heterocycles. The first kappa shape index (κ1) is 17.4. The Kier molecular flexibility index (Phi) is 5.85. The molecule has 22 heavy (non-hydrogen) atoms. The highest BCUT2D eigenvalue weighted by molar-refractivity contribution is 5.98. The molecule has 1 amide bonds. The average molecular weight is 310 g/mol. The summed E-state index contributed by atoms with van der Waals surface area (Å²) in [4.78, 5) is 38.4. The molecule has 0 fully saturated rings. The zero-order valence-electron chi connectivity index (χ0n) is 12.7. The second-order valence-corrected chi connectivity index (χ2v) is 4.82. The van der Waals surface area contributed by atoms with Gasteiger partial charge in [-0.25, -0.2) is 9.78 Å². The Morgan fingerprint density at radius 2 is 1.95 bits per heavy atom.